The summed E-state index contributed by atoms with van der Waals surface area (Å²) in [5.41, 5.74) is 14.7. The lowest BCUT2D eigenvalue weighted by Gasteiger charge is -2.30. The fourth-order valence-corrected chi connectivity index (χ4v) is 9.96. The molecule has 9 aromatic rings. The standard InChI is InChI=1S/C65H68N4O/c1-42-33-60(66-40-54(42)44-23-19-24-45(34-44)62(2,3)4)69-56-27-18-17-25-52(56)53-31-30-50(39-58(53)69)70-59-38-48(29-32-55(59)65(11,12)13)67-41-68(49-36-46(63(5,6)7)35-47(37-49)64(8,9)10)61-51(26-20-28-57(61)67)43-21-15-14-16-22-43/h14-40H,41H2,1-13H3/i1D3. The molecule has 0 amide bonds. The van der Waals surface area contributed by atoms with Gasteiger partial charge in [-0.3, -0.25) is 4.57 Å². The van der Waals surface area contributed by atoms with Crippen molar-refractivity contribution >= 4 is 44.6 Å². The molecule has 1 aliphatic rings. The molecule has 0 unspecified atom stereocenters. The molecule has 354 valence electrons. The summed E-state index contributed by atoms with van der Waals surface area (Å²) in [6, 6.07) is 55.5. The molecule has 0 radical (unpaired) electrons. The fourth-order valence-electron chi connectivity index (χ4n) is 9.96. The molecule has 0 N–H and O–H groups in total. The molecule has 2 aromatic heterocycles. The zero-order chi connectivity index (χ0) is 52.0. The maximum Gasteiger partial charge on any atom is 0.137 e. The van der Waals surface area contributed by atoms with Crippen molar-refractivity contribution < 1.29 is 8.85 Å². The van der Waals surface area contributed by atoms with E-state index in [2.05, 4.69) is 219 Å². The number of hydrogen-bond donors (Lipinski definition) is 0. The van der Waals surface area contributed by atoms with Crippen molar-refractivity contribution in [3.05, 3.63) is 192 Å². The summed E-state index contributed by atoms with van der Waals surface area (Å²) in [6.07, 6.45) is 1.73. The summed E-state index contributed by atoms with van der Waals surface area (Å²) in [4.78, 5) is 9.96. The van der Waals surface area contributed by atoms with Gasteiger partial charge in [-0.15, -0.1) is 0 Å². The number of ether oxygens (including phenoxy) is 1. The van der Waals surface area contributed by atoms with Crippen molar-refractivity contribution in [1.29, 1.82) is 0 Å². The Morgan fingerprint density at radius 1 is 0.500 bits per heavy atom. The highest BCUT2D eigenvalue weighted by Crippen LogP contribution is 2.51. The molecule has 0 saturated heterocycles. The van der Waals surface area contributed by atoms with Crippen molar-refractivity contribution in [2.75, 3.05) is 16.5 Å². The van der Waals surface area contributed by atoms with E-state index < -0.39 is 6.85 Å². The minimum absolute atomic E-state index is 0.0510. The molecule has 5 heteroatoms. The highest BCUT2D eigenvalue weighted by molar-refractivity contribution is 6.09. The van der Waals surface area contributed by atoms with Crippen LogP contribution in [0.4, 0.5) is 22.7 Å². The Morgan fingerprint density at radius 3 is 1.87 bits per heavy atom. The van der Waals surface area contributed by atoms with E-state index in [1.165, 1.54) is 33.6 Å². The predicted octanol–water partition coefficient (Wildman–Crippen LogP) is 18.1. The number of rotatable bonds is 7. The molecule has 0 fully saturated rings. The number of fused-ring (bicyclic) bond motifs is 4. The number of aryl methyl sites for hydroxylation is 1. The molecule has 0 atom stereocenters. The quantitative estimate of drug-likeness (QED) is 0.159. The van der Waals surface area contributed by atoms with E-state index in [0.29, 0.717) is 23.8 Å². The van der Waals surface area contributed by atoms with E-state index in [0.717, 1.165) is 55.6 Å². The largest absolute Gasteiger partial charge is 0.457 e. The first-order chi connectivity index (χ1) is 34.3. The van der Waals surface area contributed by atoms with Crippen molar-refractivity contribution in [3.63, 3.8) is 0 Å². The van der Waals surface area contributed by atoms with Gasteiger partial charge in [-0.05, 0) is 110 Å². The number of aromatic nitrogens is 2. The topological polar surface area (TPSA) is 33.5 Å². The summed E-state index contributed by atoms with van der Waals surface area (Å²) in [5, 5.41) is 2.05. The lowest BCUT2D eigenvalue weighted by molar-refractivity contribution is 0.456. The van der Waals surface area contributed by atoms with Gasteiger partial charge in [0.25, 0.3) is 0 Å². The first-order valence-electron chi connectivity index (χ1n) is 26.2. The van der Waals surface area contributed by atoms with E-state index in [1.807, 2.05) is 30.3 Å². The summed E-state index contributed by atoms with van der Waals surface area (Å²) < 4.78 is 35.6. The van der Waals surface area contributed by atoms with Gasteiger partial charge in [0.1, 0.15) is 24.0 Å². The van der Waals surface area contributed by atoms with Crippen molar-refractivity contribution in [1.82, 2.24) is 9.55 Å². The number of anilines is 4. The van der Waals surface area contributed by atoms with Crippen LogP contribution in [0.15, 0.2) is 164 Å². The van der Waals surface area contributed by atoms with Crippen LogP contribution in [0, 0.1) is 6.85 Å². The molecule has 7 aromatic carbocycles. The minimum atomic E-state index is -2.39. The Balaban J connectivity index is 1.10. The molecule has 0 bridgehead atoms. The molecule has 3 heterocycles. The van der Waals surface area contributed by atoms with Gasteiger partial charge in [-0.2, -0.15) is 0 Å². The zero-order valence-electron chi connectivity index (χ0n) is 46.0. The summed E-state index contributed by atoms with van der Waals surface area (Å²) in [5.74, 6) is 1.95. The lowest BCUT2D eigenvalue weighted by atomic mass is 9.80. The normalized spacial score (nSPS) is 14.2. The highest BCUT2D eigenvalue weighted by Gasteiger charge is 2.34. The van der Waals surface area contributed by atoms with E-state index in [4.69, 9.17) is 13.8 Å². The second-order valence-electron chi connectivity index (χ2n) is 23.3. The Labute approximate surface area is 420 Å². The molecule has 0 saturated carbocycles. The second-order valence-corrected chi connectivity index (χ2v) is 23.3. The number of benzene rings is 7. The van der Waals surface area contributed by atoms with Gasteiger partial charge in [0.2, 0.25) is 0 Å². The van der Waals surface area contributed by atoms with Gasteiger partial charge in [-0.1, -0.05) is 180 Å². The van der Waals surface area contributed by atoms with Gasteiger partial charge in [-0.25, -0.2) is 4.98 Å². The van der Waals surface area contributed by atoms with Crippen LogP contribution in [-0.4, -0.2) is 16.2 Å². The van der Waals surface area contributed by atoms with Gasteiger partial charge >= 0.3 is 0 Å². The van der Waals surface area contributed by atoms with Crippen LogP contribution in [-0.2, 0) is 21.7 Å². The molecular weight excluding hydrogens is 853 g/mol. The van der Waals surface area contributed by atoms with E-state index >= 15 is 0 Å². The molecule has 1 aliphatic heterocycles. The third-order valence-electron chi connectivity index (χ3n) is 14.0. The first-order valence-corrected chi connectivity index (χ1v) is 24.7. The Morgan fingerprint density at radius 2 is 1.17 bits per heavy atom. The van der Waals surface area contributed by atoms with Gasteiger partial charge in [0.05, 0.1) is 22.4 Å². The number of pyridine rings is 1. The first kappa shape index (κ1) is 43.0. The summed E-state index contributed by atoms with van der Waals surface area (Å²) in [6.45, 7) is 25.2. The third-order valence-corrected chi connectivity index (χ3v) is 14.0. The maximum atomic E-state index is 8.77. The number of hydrogen-bond acceptors (Lipinski definition) is 4. The predicted molar refractivity (Wildman–Crippen MR) is 298 cm³/mol. The number of nitrogens with zero attached hydrogens (tertiary/aromatic N) is 4. The van der Waals surface area contributed by atoms with Gasteiger partial charge in [0, 0.05) is 61.3 Å². The molecular formula is C65H68N4O. The zero-order valence-corrected chi connectivity index (χ0v) is 43.0. The van der Waals surface area contributed by atoms with E-state index in [-0.39, 0.29) is 27.2 Å². The smallest absolute Gasteiger partial charge is 0.137 e. The summed E-state index contributed by atoms with van der Waals surface area (Å²) >= 11 is 0. The van der Waals surface area contributed by atoms with Crippen molar-refractivity contribution in [2.24, 2.45) is 0 Å². The molecule has 5 nitrogen and oxygen atoms in total. The van der Waals surface area contributed by atoms with Crippen molar-refractivity contribution in [3.8, 4) is 39.6 Å². The molecule has 70 heavy (non-hydrogen) atoms. The third kappa shape index (κ3) is 8.65. The Bertz CT molecular complexity index is 3530. The Kier molecular flexibility index (Phi) is 10.5. The minimum Gasteiger partial charge on any atom is -0.457 e. The van der Waals surface area contributed by atoms with Crippen LogP contribution in [0.1, 0.15) is 115 Å². The molecule has 0 aliphatic carbocycles. The van der Waals surface area contributed by atoms with Crippen LogP contribution >= 0.6 is 0 Å². The van der Waals surface area contributed by atoms with Gasteiger partial charge < -0.3 is 14.5 Å². The van der Waals surface area contributed by atoms with Crippen LogP contribution < -0.4 is 14.5 Å². The van der Waals surface area contributed by atoms with E-state index in [9.17, 15) is 0 Å². The highest BCUT2D eigenvalue weighted by atomic mass is 16.5. The van der Waals surface area contributed by atoms with Crippen LogP contribution in [0.25, 0.3) is 49.9 Å². The van der Waals surface area contributed by atoms with E-state index in [1.54, 1.807) is 12.3 Å². The number of para-hydroxylation sites is 2. The SMILES string of the molecule is [2H]C([2H])([2H])c1cc(-n2c3ccccc3c3ccc(Oc4cc(N5CN(c6cc(C(C)(C)C)cc(C(C)(C)C)c6)c6c(-c7ccccc7)cccc65)ccc4C(C)(C)C)cc32)ncc1-c1cccc(C(C)(C)C)c1. The molecule has 0 spiro atoms. The summed E-state index contributed by atoms with van der Waals surface area (Å²) in [7, 11) is 0. The van der Waals surface area contributed by atoms with Crippen molar-refractivity contribution in [2.45, 2.75) is 112 Å². The van der Waals surface area contributed by atoms with Crippen LogP contribution in [0.5, 0.6) is 11.5 Å². The lowest BCUT2D eigenvalue weighted by Crippen LogP contribution is -2.26. The molecule has 10 rings (SSSR count). The second kappa shape index (κ2) is 17.1. The Hall–Kier alpha value is -7.11. The fraction of sp³-hybridized carbons (Fsp3) is 0.277. The average molecular weight is 924 g/mol. The van der Waals surface area contributed by atoms with Crippen LogP contribution in [0.3, 0.4) is 0 Å². The maximum absolute atomic E-state index is 8.77. The average Bonchev–Trinajstić information content (AvgIpc) is 3.89. The van der Waals surface area contributed by atoms with Gasteiger partial charge in [0.15, 0.2) is 0 Å². The van der Waals surface area contributed by atoms with Crippen LogP contribution in [0.2, 0.25) is 0 Å². The monoisotopic (exact) mass is 924 g/mol.